The van der Waals surface area contributed by atoms with Gasteiger partial charge in [-0.2, -0.15) is 4.31 Å². The second-order valence-electron chi connectivity index (χ2n) is 7.85. The molecule has 2 atom stereocenters. The topological polar surface area (TPSA) is 84.9 Å². The maximum atomic E-state index is 13.0. The van der Waals surface area contributed by atoms with Crippen LogP contribution >= 0.6 is 0 Å². The minimum atomic E-state index is -3.63. The molecule has 1 aliphatic rings. The van der Waals surface area contributed by atoms with Crippen LogP contribution in [-0.4, -0.2) is 45.9 Å². The van der Waals surface area contributed by atoms with E-state index in [4.69, 9.17) is 9.47 Å². The Morgan fingerprint density at radius 1 is 1.13 bits per heavy atom. The highest BCUT2D eigenvalue weighted by molar-refractivity contribution is 7.89. The van der Waals surface area contributed by atoms with Gasteiger partial charge >= 0.3 is 0 Å². The van der Waals surface area contributed by atoms with Crippen molar-refractivity contribution in [1.29, 1.82) is 0 Å². The standard InChI is InChI=1S/C23H30N2O5S/c1-16-7-10-20(11-8-16)31(27,28)25-13-5-6-18(15-25)23(26)24-17(2)21-14-19(29-3)9-12-22(21)30-4/h7-12,14,17-18H,5-6,13,15H2,1-4H3,(H,24,26)/t17-,18-/m1/s1. The number of sulfonamides is 1. The third-order valence-corrected chi connectivity index (χ3v) is 7.56. The molecule has 1 aliphatic heterocycles. The van der Waals surface area contributed by atoms with Crippen molar-refractivity contribution < 1.29 is 22.7 Å². The Kier molecular flexibility index (Phi) is 7.23. The quantitative estimate of drug-likeness (QED) is 0.706. The van der Waals surface area contributed by atoms with Crippen molar-refractivity contribution in [3.05, 3.63) is 53.6 Å². The van der Waals surface area contributed by atoms with E-state index >= 15 is 0 Å². The van der Waals surface area contributed by atoms with Crippen LogP contribution in [-0.2, 0) is 14.8 Å². The molecule has 0 aliphatic carbocycles. The van der Waals surface area contributed by atoms with Crippen LogP contribution in [0.1, 0.15) is 36.9 Å². The van der Waals surface area contributed by atoms with E-state index in [9.17, 15) is 13.2 Å². The summed E-state index contributed by atoms with van der Waals surface area (Å²) in [6.45, 7) is 4.37. The third kappa shape index (κ3) is 5.19. The van der Waals surface area contributed by atoms with Gasteiger partial charge in [0.1, 0.15) is 11.5 Å². The maximum absolute atomic E-state index is 13.0. The summed E-state index contributed by atoms with van der Waals surface area (Å²) < 4.78 is 38.2. The van der Waals surface area contributed by atoms with Crippen LogP contribution in [0.15, 0.2) is 47.4 Å². The van der Waals surface area contributed by atoms with Crippen LogP contribution in [0.2, 0.25) is 0 Å². The van der Waals surface area contributed by atoms with Crippen LogP contribution in [0.4, 0.5) is 0 Å². The number of benzene rings is 2. The summed E-state index contributed by atoms with van der Waals surface area (Å²) in [6, 6.07) is 11.9. The molecule has 3 rings (SSSR count). The van der Waals surface area contributed by atoms with Crippen LogP contribution < -0.4 is 14.8 Å². The first-order chi connectivity index (χ1) is 14.8. The largest absolute Gasteiger partial charge is 0.497 e. The zero-order valence-electron chi connectivity index (χ0n) is 18.4. The number of carbonyl (C=O) groups excluding carboxylic acids is 1. The number of carbonyl (C=O) groups is 1. The molecule has 168 valence electrons. The van der Waals surface area contributed by atoms with Gasteiger partial charge in [0.05, 0.1) is 31.1 Å². The Hall–Kier alpha value is -2.58. The highest BCUT2D eigenvalue weighted by Gasteiger charge is 2.34. The summed E-state index contributed by atoms with van der Waals surface area (Å²) in [5, 5.41) is 3.02. The zero-order chi connectivity index (χ0) is 22.6. The molecule has 2 aromatic carbocycles. The van der Waals surface area contributed by atoms with Gasteiger partial charge in [0.15, 0.2) is 0 Å². The van der Waals surface area contributed by atoms with Crippen LogP contribution in [0.25, 0.3) is 0 Å². The number of hydrogen-bond donors (Lipinski definition) is 1. The van der Waals surface area contributed by atoms with Crippen molar-refractivity contribution in [2.75, 3.05) is 27.3 Å². The van der Waals surface area contributed by atoms with E-state index in [0.29, 0.717) is 30.9 Å². The van der Waals surface area contributed by atoms with E-state index in [0.717, 1.165) is 11.1 Å². The van der Waals surface area contributed by atoms with Gasteiger partial charge < -0.3 is 14.8 Å². The lowest BCUT2D eigenvalue weighted by Crippen LogP contribution is -2.45. The summed E-state index contributed by atoms with van der Waals surface area (Å²) in [5.74, 6) is 0.750. The fraction of sp³-hybridized carbons (Fsp3) is 0.435. The fourth-order valence-electron chi connectivity index (χ4n) is 3.82. The number of ether oxygens (including phenoxy) is 2. The van der Waals surface area contributed by atoms with Crippen molar-refractivity contribution in [3.8, 4) is 11.5 Å². The number of hydrogen-bond acceptors (Lipinski definition) is 5. The predicted octanol–water partition coefficient (Wildman–Crippen LogP) is 3.29. The smallest absolute Gasteiger partial charge is 0.243 e. The van der Waals surface area contributed by atoms with Gasteiger partial charge in [-0.1, -0.05) is 17.7 Å². The Morgan fingerprint density at radius 2 is 1.84 bits per heavy atom. The Bertz CT molecular complexity index is 1020. The Labute approximate surface area is 184 Å². The first kappa shape index (κ1) is 23.1. The minimum Gasteiger partial charge on any atom is -0.497 e. The van der Waals surface area contributed by atoms with Gasteiger partial charge in [-0.05, 0) is 57.0 Å². The van der Waals surface area contributed by atoms with E-state index in [2.05, 4.69) is 5.32 Å². The second-order valence-corrected chi connectivity index (χ2v) is 9.79. The Morgan fingerprint density at radius 3 is 2.48 bits per heavy atom. The van der Waals surface area contributed by atoms with Gasteiger partial charge in [0.2, 0.25) is 15.9 Å². The lowest BCUT2D eigenvalue weighted by atomic mass is 9.97. The SMILES string of the molecule is COc1ccc(OC)c([C@@H](C)NC(=O)[C@@H]2CCCN(S(=O)(=O)c3ccc(C)cc3)C2)c1. The molecule has 1 saturated heterocycles. The van der Waals surface area contributed by atoms with Gasteiger partial charge in [0.25, 0.3) is 0 Å². The zero-order valence-corrected chi connectivity index (χ0v) is 19.2. The molecule has 1 fully saturated rings. The maximum Gasteiger partial charge on any atom is 0.243 e. The molecule has 7 nitrogen and oxygen atoms in total. The summed E-state index contributed by atoms with van der Waals surface area (Å²) in [4.78, 5) is 13.2. The first-order valence-corrected chi connectivity index (χ1v) is 11.8. The van der Waals surface area contributed by atoms with E-state index in [-0.39, 0.29) is 23.4 Å². The summed E-state index contributed by atoms with van der Waals surface area (Å²) >= 11 is 0. The third-order valence-electron chi connectivity index (χ3n) is 5.68. The highest BCUT2D eigenvalue weighted by Crippen LogP contribution is 2.30. The average Bonchev–Trinajstić information content (AvgIpc) is 2.78. The lowest BCUT2D eigenvalue weighted by Gasteiger charge is -2.32. The normalized spacial score (nSPS) is 18.3. The molecule has 0 aromatic heterocycles. The minimum absolute atomic E-state index is 0.166. The van der Waals surface area contributed by atoms with Crippen molar-refractivity contribution in [2.24, 2.45) is 5.92 Å². The molecule has 1 N–H and O–H groups in total. The molecule has 0 spiro atoms. The number of nitrogens with zero attached hydrogens (tertiary/aromatic N) is 1. The fourth-order valence-corrected chi connectivity index (χ4v) is 5.34. The first-order valence-electron chi connectivity index (χ1n) is 10.4. The van der Waals surface area contributed by atoms with Gasteiger partial charge in [-0.25, -0.2) is 8.42 Å². The van der Waals surface area contributed by atoms with Gasteiger partial charge in [0, 0.05) is 18.7 Å². The number of piperidine rings is 1. The average molecular weight is 447 g/mol. The molecular weight excluding hydrogens is 416 g/mol. The number of amides is 1. The van der Waals surface area contributed by atoms with Crippen molar-refractivity contribution in [3.63, 3.8) is 0 Å². The molecule has 0 saturated carbocycles. The molecule has 8 heteroatoms. The Balaban J connectivity index is 1.72. The summed E-state index contributed by atoms with van der Waals surface area (Å²) in [7, 11) is -0.467. The van der Waals surface area contributed by atoms with Crippen LogP contribution in [0.3, 0.4) is 0 Å². The monoisotopic (exact) mass is 446 g/mol. The molecule has 1 heterocycles. The van der Waals surface area contributed by atoms with Crippen LogP contribution in [0, 0.1) is 12.8 Å². The summed E-state index contributed by atoms with van der Waals surface area (Å²) in [6.07, 6.45) is 1.29. The molecular formula is C23H30N2O5S. The van der Waals surface area contributed by atoms with Crippen molar-refractivity contribution in [1.82, 2.24) is 9.62 Å². The van der Waals surface area contributed by atoms with Crippen molar-refractivity contribution in [2.45, 2.75) is 37.6 Å². The molecule has 0 unspecified atom stereocenters. The van der Waals surface area contributed by atoms with Gasteiger partial charge in [-0.15, -0.1) is 0 Å². The van der Waals surface area contributed by atoms with Gasteiger partial charge in [-0.3, -0.25) is 4.79 Å². The predicted molar refractivity (Wildman–Crippen MR) is 119 cm³/mol. The molecule has 0 bridgehead atoms. The van der Waals surface area contributed by atoms with Crippen LogP contribution in [0.5, 0.6) is 11.5 Å². The summed E-state index contributed by atoms with van der Waals surface area (Å²) in [5.41, 5.74) is 1.80. The van der Waals surface area contributed by atoms with E-state index in [1.165, 1.54) is 4.31 Å². The highest BCUT2D eigenvalue weighted by atomic mass is 32.2. The second kappa shape index (κ2) is 9.70. The number of rotatable bonds is 7. The number of nitrogens with one attached hydrogen (secondary N) is 1. The van der Waals surface area contributed by atoms with E-state index in [1.807, 2.05) is 19.9 Å². The molecule has 1 amide bonds. The molecule has 31 heavy (non-hydrogen) atoms. The lowest BCUT2D eigenvalue weighted by molar-refractivity contribution is -0.126. The number of methoxy groups -OCH3 is 2. The number of aryl methyl sites for hydroxylation is 1. The van der Waals surface area contributed by atoms with Crippen molar-refractivity contribution >= 4 is 15.9 Å². The molecule has 2 aromatic rings. The van der Waals surface area contributed by atoms with E-state index < -0.39 is 15.9 Å². The molecule has 0 radical (unpaired) electrons. The van der Waals surface area contributed by atoms with E-state index in [1.54, 1.807) is 50.6 Å².